The molecule has 2 N–H and O–H groups in total. The van der Waals surface area contributed by atoms with Gasteiger partial charge in [0, 0.05) is 18.4 Å². The Kier molecular flexibility index (Phi) is 4.00. The average molecular weight is 300 g/mol. The number of carbonyl (C=O) groups excluding carboxylic acids is 1. The van der Waals surface area contributed by atoms with E-state index in [9.17, 15) is 4.79 Å². The summed E-state index contributed by atoms with van der Waals surface area (Å²) in [6.45, 7) is 3.12. The standard InChI is InChI=1S/C16H20N4O2/c1-11-9-17-15(19-11)10-18-16(21)20-7-6-14(20)12-4-3-5-13(8-12)22-2/h3-5,8-9,14H,6-7,10H2,1-2H3,(H,17,19)(H,18,21)/t14-/m0/s1. The Labute approximate surface area is 129 Å². The highest BCUT2D eigenvalue weighted by Crippen LogP contribution is 2.34. The lowest BCUT2D eigenvalue weighted by atomic mass is 9.95. The van der Waals surface area contributed by atoms with Crippen LogP contribution in [0.15, 0.2) is 30.5 Å². The lowest BCUT2D eigenvalue weighted by Gasteiger charge is -2.41. The zero-order chi connectivity index (χ0) is 15.5. The molecular weight excluding hydrogens is 280 g/mol. The fourth-order valence-corrected chi connectivity index (χ4v) is 2.64. The van der Waals surface area contributed by atoms with Gasteiger partial charge in [-0.05, 0) is 31.0 Å². The van der Waals surface area contributed by atoms with Gasteiger partial charge in [-0.2, -0.15) is 0 Å². The van der Waals surface area contributed by atoms with Crippen LogP contribution in [0.4, 0.5) is 4.79 Å². The number of H-pyrrole nitrogens is 1. The second-order valence-electron chi connectivity index (χ2n) is 5.45. The molecule has 2 amide bonds. The Morgan fingerprint density at radius 2 is 2.41 bits per heavy atom. The SMILES string of the molecule is COc1cccc([C@@H]2CCN2C(=O)NCc2ncc(C)[nH]2)c1. The van der Waals surface area contributed by atoms with Crippen LogP contribution in [-0.4, -0.2) is 34.6 Å². The molecule has 3 rings (SSSR count). The van der Waals surface area contributed by atoms with Crippen molar-refractivity contribution in [1.29, 1.82) is 0 Å². The summed E-state index contributed by atoms with van der Waals surface area (Å²) in [5.41, 5.74) is 2.09. The normalized spacial score (nSPS) is 17.0. The van der Waals surface area contributed by atoms with Gasteiger partial charge in [-0.1, -0.05) is 12.1 Å². The second-order valence-corrected chi connectivity index (χ2v) is 5.45. The molecule has 2 aromatic rings. The largest absolute Gasteiger partial charge is 0.497 e. The van der Waals surface area contributed by atoms with Gasteiger partial charge in [-0.15, -0.1) is 0 Å². The Hall–Kier alpha value is -2.50. The third kappa shape index (κ3) is 2.90. The topological polar surface area (TPSA) is 70.2 Å². The Morgan fingerprint density at radius 3 is 3.05 bits per heavy atom. The van der Waals surface area contributed by atoms with Crippen molar-refractivity contribution in [1.82, 2.24) is 20.2 Å². The lowest BCUT2D eigenvalue weighted by molar-refractivity contribution is 0.114. The molecule has 1 aliphatic rings. The number of methoxy groups -OCH3 is 1. The van der Waals surface area contributed by atoms with Crippen LogP contribution in [0.25, 0.3) is 0 Å². The predicted octanol–water partition coefficient (Wildman–Crippen LogP) is 2.38. The maximum Gasteiger partial charge on any atom is 0.318 e. The summed E-state index contributed by atoms with van der Waals surface area (Å²) in [7, 11) is 1.65. The zero-order valence-electron chi connectivity index (χ0n) is 12.8. The van der Waals surface area contributed by atoms with E-state index in [1.807, 2.05) is 36.1 Å². The molecule has 6 nitrogen and oxygen atoms in total. The summed E-state index contributed by atoms with van der Waals surface area (Å²) in [6.07, 6.45) is 2.73. The van der Waals surface area contributed by atoms with Gasteiger partial charge in [-0.3, -0.25) is 0 Å². The van der Waals surface area contributed by atoms with E-state index in [4.69, 9.17) is 4.74 Å². The number of aryl methyl sites for hydroxylation is 1. The average Bonchev–Trinajstić information content (AvgIpc) is 2.90. The quantitative estimate of drug-likeness (QED) is 0.911. The van der Waals surface area contributed by atoms with Crippen LogP contribution in [0.2, 0.25) is 0 Å². The van der Waals surface area contributed by atoms with Crippen LogP contribution >= 0.6 is 0 Å². The molecule has 1 fully saturated rings. The highest BCUT2D eigenvalue weighted by atomic mass is 16.5. The highest BCUT2D eigenvalue weighted by Gasteiger charge is 2.33. The zero-order valence-corrected chi connectivity index (χ0v) is 12.8. The molecule has 0 bridgehead atoms. The van der Waals surface area contributed by atoms with E-state index in [2.05, 4.69) is 15.3 Å². The first-order valence-electron chi connectivity index (χ1n) is 7.36. The number of rotatable bonds is 4. The number of hydrogen-bond donors (Lipinski definition) is 2. The first-order chi connectivity index (χ1) is 10.7. The molecule has 1 aromatic carbocycles. The van der Waals surface area contributed by atoms with Gasteiger partial charge < -0.3 is 19.9 Å². The van der Waals surface area contributed by atoms with Crippen LogP contribution in [0.1, 0.15) is 29.5 Å². The van der Waals surface area contributed by atoms with Crippen molar-refractivity contribution in [2.24, 2.45) is 0 Å². The molecular formula is C16H20N4O2. The minimum Gasteiger partial charge on any atom is -0.497 e. The van der Waals surface area contributed by atoms with Crippen LogP contribution < -0.4 is 10.1 Å². The molecule has 1 aromatic heterocycles. The molecule has 0 unspecified atom stereocenters. The number of likely N-dealkylation sites (tertiary alicyclic amines) is 1. The van der Waals surface area contributed by atoms with Crippen molar-refractivity contribution in [3.8, 4) is 5.75 Å². The molecule has 2 heterocycles. The van der Waals surface area contributed by atoms with Gasteiger partial charge in [-0.25, -0.2) is 9.78 Å². The number of ether oxygens (including phenoxy) is 1. The summed E-state index contributed by atoms with van der Waals surface area (Å²) < 4.78 is 5.25. The van der Waals surface area contributed by atoms with E-state index >= 15 is 0 Å². The van der Waals surface area contributed by atoms with E-state index in [0.29, 0.717) is 6.54 Å². The van der Waals surface area contributed by atoms with E-state index in [1.165, 1.54) is 0 Å². The van der Waals surface area contributed by atoms with Crippen molar-refractivity contribution >= 4 is 6.03 Å². The first-order valence-corrected chi connectivity index (χ1v) is 7.36. The molecule has 1 aliphatic heterocycles. The van der Waals surface area contributed by atoms with Gasteiger partial charge >= 0.3 is 6.03 Å². The molecule has 6 heteroatoms. The highest BCUT2D eigenvalue weighted by molar-refractivity contribution is 5.75. The second kappa shape index (κ2) is 6.09. The van der Waals surface area contributed by atoms with Crippen molar-refractivity contribution < 1.29 is 9.53 Å². The van der Waals surface area contributed by atoms with E-state index in [1.54, 1.807) is 13.3 Å². The predicted molar refractivity (Wildman–Crippen MR) is 82.6 cm³/mol. The van der Waals surface area contributed by atoms with E-state index < -0.39 is 0 Å². The van der Waals surface area contributed by atoms with Gasteiger partial charge in [0.05, 0.1) is 19.7 Å². The van der Waals surface area contributed by atoms with E-state index in [0.717, 1.165) is 35.8 Å². The minimum atomic E-state index is -0.0619. The number of nitrogens with one attached hydrogen (secondary N) is 2. The summed E-state index contributed by atoms with van der Waals surface area (Å²) in [4.78, 5) is 21.4. The van der Waals surface area contributed by atoms with Crippen LogP contribution in [0.3, 0.4) is 0 Å². The van der Waals surface area contributed by atoms with Gasteiger partial charge in [0.25, 0.3) is 0 Å². The van der Waals surface area contributed by atoms with Crippen LogP contribution in [0, 0.1) is 6.92 Å². The molecule has 0 spiro atoms. The Balaban J connectivity index is 1.61. The Bertz CT molecular complexity index is 668. The van der Waals surface area contributed by atoms with Gasteiger partial charge in [0.1, 0.15) is 11.6 Å². The fraction of sp³-hybridized carbons (Fsp3) is 0.375. The van der Waals surface area contributed by atoms with Gasteiger partial charge in [0.2, 0.25) is 0 Å². The number of benzene rings is 1. The van der Waals surface area contributed by atoms with Crippen molar-refractivity contribution in [3.05, 3.63) is 47.5 Å². The minimum absolute atomic E-state index is 0.0619. The molecule has 0 aliphatic carbocycles. The molecule has 1 saturated heterocycles. The number of imidazole rings is 1. The lowest BCUT2D eigenvalue weighted by Crippen LogP contribution is -2.49. The number of aromatic nitrogens is 2. The maximum absolute atomic E-state index is 12.3. The molecule has 1 atom stereocenters. The number of carbonyl (C=O) groups is 1. The smallest absolute Gasteiger partial charge is 0.318 e. The number of hydrogen-bond acceptors (Lipinski definition) is 3. The van der Waals surface area contributed by atoms with Crippen LogP contribution in [-0.2, 0) is 6.54 Å². The third-order valence-electron chi connectivity index (χ3n) is 3.92. The van der Waals surface area contributed by atoms with Crippen molar-refractivity contribution in [3.63, 3.8) is 0 Å². The molecule has 0 radical (unpaired) electrons. The Morgan fingerprint density at radius 1 is 1.55 bits per heavy atom. The van der Waals surface area contributed by atoms with Crippen molar-refractivity contribution in [2.45, 2.75) is 25.9 Å². The summed E-state index contributed by atoms with van der Waals surface area (Å²) in [6, 6.07) is 7.93. The third-order valence-corrected chi connectivity index (χ3v) is 3.92. The summed E-state index contributed by atoms with van der Waals surface area (Å²) in [5, 5.41) is 2.90. The summed E-state index contributed by atoms with van der Waals surface area (Å²) >= 11 is 0. The number of amides is 2. The van der Waals surface area contributed by atoms with Crippen LogP contribution in [0.5, 0.6) is 5.75 Å². The first kappa shape index (κ1) is 14.4. The van der Waals surface area contributed by atoms with Gasteiger partial charge in [0.15, 0.2) is 0 Å². The molecule has 22 heavy (non-hydrogen) atoms. The van der Waals surface area contributed by atoms with Crippen molar-refractivity contribution in [2.75, 3.05) is 13.7 Å². The molecule has 116 valence electrons. The number of aromatic amines is 1. The monoisotopic (exact) mass is 300 g/mol. The maximum atomic E-state index is 12.3. The van der Waals surface area contributed by atoms with E-state index in [-0.39, 0.29) is 12.1 Å². The molecule has 0 saturated carbocycles. The number of urea groups is 1. The summed E-state index contributed by atoms with van der Waals surface area (Å²) in [5.74, 6) is 1.58. The fourth-order valence-electron chi connectivity index (χ4n) is 2.64. The number of nitrogens with zero attached hydrogens (tertiary/aromatic N) is 2.